The van der Waals surface area contributed by atoms with Gasteiger partial charge in [-0.3, -0.25) is 9.48 Å². The second kappa shape index (κ2) is 5.87. The summed E-state index contributed by atoms with van der Waals surface area (Å²) in [6.07, 6.45) is 4.63. The van der Waals surface area contributed by atoms with Crippen molar-refractivity contribution in [2.45, 2.75) is 39.7 Å². The SMILES string of the molecule is CCCn1cc(C(=O)N2CCC[C@H](C#N)C2)c(C)n1. The quantitative estimate of drug-likeness (QED) is 0.834. The predicted molar refractivity (Wildman–Crippen MR) is 71.5 cm³/mol. The van der Waals surface area contributed by atoms with Crippen molar-refractivity contribution in [1.82, 2.24) is 14.7 Å². The van der Waals surface area contributed by atoms with Gasteiger partial charge in [-0.05, 0) is 26.2 Å². The first-order valence-corrected chi connectivity index (χ1v) is 6.88. The van der Waals surface area contributed by atoms with E-state index in [9.17, 15) is 4.79 Å². The summed E-state index contributed by atoms with van der Waals surface area (Å²) in [5.41, 5.74) is 1.45. The van der Waals surface area contributed by atoms with E-state index >= 15 is 0 Å². The first-order chi connectivity index (χ1) is 9.15. The fourth-order valence-electron chi connectivity index (χ4n) is 2.51. The fraction of sp³-hybridized carbons (Fsp3) is 0.643. The summed E-state index contributed by atoms with van der Waals surface area (Å²) in [7, 11) is 0. The summed E-state index contributed by atoms with van der Waals surface area (Å²) in [5.74, 6) is -0.0107. The highest BCUT2D eigenvalue weighted by Crippen LogP contribution is 2.19. The molecule has 5 nitrogen and oxygen atoms in total. The molecule has 0 aromatic carbocycles. The van der Waals surface area contributed by atoms with Gasteiger partial charge in [0.2, 0.25) is 0 Å². The number of nitriles is 1. The Kier molecular flexibility index (Phi) is 4.20. The molecule has 0 unspecified atom stereocenters. The van der Waals surface area contributed by atoms with Crippen molar-refractivity contribution in [1.29, 1.82) is 5.26 Å². The Morgan fingerprint density at radius 1 is 1.63 bits per heavy atom. The number of hydrogen-bond acceptors (Lipinski definition) is 3. The third-order valence-electron chi connectivity index (χ3n) is 3.52. The molecule has 2 rings (SSSR count). The van der Waals surface area contributed by atoms with Gasteiger partial charge in [0.1, 0.15) is 0 Å². The highest BCUT2D eigenvalue weighted by Gasteiger charge is 2.26. The van der Waals surface area contributed by atoms with Gasteiger partial charge in [-0.15, -0.1) is 0 Å². The molecule has 0 bridgehead atoms. The topological polar surface area (TPSA) is 61.9 Å². The first-order valence-electron chi connectivity index (χ1n) is 6.88. The van der Waals surface area contributed by atoms with Crippen LogP contribution in [0.5, 0.6) is 0 Å². The average Bonchev–Trinajstić information content (AvgIpc) is 2.79. The van der Waals surface area contributed by atoms with Crippen LogP contribution < -0.4 is 0 Å². The average molecular weight is 260 g/mol. The maximum Gasteiger partial charge on any atom is 0.257 e. The van der Waals surface area contributed by atoms with E-state index in [0.29, 0.717) is 12.1 Å². The molecule has 1 fully saturated rings. The number of piperidine rings is 1. The number of aromatic nitrogens is 2. The van der Waals surface area contributed by atoms with Crippen molar-refractivity contribution in [2.75, 3.05) is 13.1 Å². The molecule has 0 radical (unpaired) electrons. The highest BCUT2D eigenvalue weighted by atomic mass is 16.2. The van der Waals surface area contributed by atoms with Gasteiger partial charge in [0.25, 0.3) is 5.91 Å². The Bertz CT molecular complexity index is 500. The number of aryl methyl sites for hydroxylation is 2. The lowest BCUT2D eigenvalue weighted by atomic mass is 9.99. The number of likely N-dealkylation sites (tertiary alicyclic amines) is 1. The maximum absolute atomic E-state index is 12.5. The van der Waals surface area contributed by atoms with Crippen molar-refractivity contribution >= 4 is 5.91 Å². The van der Waals surface area contributed by atoms with E-state index in [1.807, 2.05) is 17.8 Å². The van der Waals surface area contributed by atoms with Crippen molar-refractivity contribution in [3.05, 3.63) is 17.5 Å². The standard InChI is InChI=1S/C14H20N4O/c1-3-6-18-10-13(11(2)16-18)14(19)17-7-4-5-12(8-15)9-17/h10,12H,3-7,9H2,1-2H3/t12-/m1/s1. The van der Waals surface area contributed by atoms with Gasteiger partial charge in [-0.25, -0.2) is 0 Å². The monoisotopic (exact) mass is 260 g/mol. The molecule has 1 saturated heterocycles. The van der Waals surface area contributed by atoms with Crippen LogP contribution in [-0.2, 0) is 6.54 Å². The summed E-state index contributed by atoms with van der Waals surface area (Å²) in [5, 5.41) is 13.3. The minimum absolute atomic E-state index is 0.0137. The Hall–Kier alpha value is -1.83. The van der Waals surface area contributed by atoms with Crippen LogP contribution in [0.25, 0.3) is 0 Å². The molecule has 0 aliphatic carbocycles. The Morgan fingerprint density at radius 3 is 3.11 bits per heavy atom. The molecule has 1 aliphatic rings. The first kappa shape index (κ1) is 13.6. The largest absolute Gasteiger partial charge is 0.337 e. The van der Waals surface area contributed by atoms with Crippen LogP contribution >= 0.6 is 0 Å². The molecule has 0 spiro atoms. The minimum atomic E-state index is -0.0244. The summed E-state index contributed by atoms with van der Waals surface area (Å²) in [4.78, 5) is 14.3. The zero-order valence-electron chi connectivity index (χ0n) is 11.6. The lowest BCUT2D eigenvalue weighted by Gasteiger charge is -2.29. The Labute approximate surface area is 113 Å². The molecular weight excluding hydrogens is 240 g/mol. The molecule has 2 heterocycles. The normalized spacial score (nSPS) is 19.2. The van der Waals surface area contributed by atoms with Crippen molar-refractivity contribution in [2.24, 2.45) is 5.92 Å². The van der Waals surface area contributed by atoms with E-state index in [1.165, 1.54) is 0 Å². The molecule has 1 amide bonds. The predicted octanol–water partition coefficient (Wildman–Crippen LogP) is 1.98. The molecule has 5 heteroatoms. The van der Waals surface area contributed by atoms with Crippen LogP contribution in [0, 0.1) is 24.2 Å². The van der Waals surface area contributed by atoms with E-state index < -0.39 is 0 Å². The molecule has 1 aromatic rings. The summed E-state index contributed by atoms with van der Waals surface area (Å²) < 4.78 is 1.83. The number of amides is 1. The van der Waals surface area contributed by atoms with E-state index in [4.69, 9.17) is 5.26 Å². The second-order valence-corrected chi connectivity index (χ2v) is 5.11. The second-order valence-electron chi connectivity index (χ2n) is 5.11. The number of nitrogens with zero attached hydrogens (tertiary/aromatic N) is 4. The Balaban J connectivity index is 2.13. The summed E-state index contributed by atoms with van der Waals surface area (Å²) >= 11 is 0. The molecule has 0 N–H and O–H groups in total. The molecule has 1 aliphatic heterocycles. The molecular formula is C14H20N4O. The maximum atomic E-state index is 12.5. The van der Waals surface area contributed by atoms with Gasteiger partial charge in [0, 0.05) is 25.8 Å². The summed E-state index contributed by atoms with van der Waals surface area (Å²) in [6, 6.07) is 2.27. The number of carbonyl (C=O) groups excluding carboxylic acids is 1. The van der Waals surface area contributed by atoms with Gasteiger partial charge in [0.15, 0.2) is 0 Å². The van der Waals surface area contributed by atoms with Gasteiger partial charge in [0.05, 0.1) is 23.2 Å². The molecule has 1 atom stereocenters. The number of hydrogen-bond donors (Lipinski definition) is 0. The van der Waals surface area contributed by atoms with Gasteiger partial charge >= 0.3 is 0 Å². The Morgan fingerprint density at radius 2 is 2.42 bits per heavy atom. The third-order valence-corrected chi connectivity index (χ3v) is 3.52. The van der Waals surface area contributed by atoms with Crippen molar-refractivity contribution < 1.29 is 4.79 Å². The van der Waals surface area contributed by atoms with E-state index in [2.05, 4.69) is 18.1 Å². The zero-order chi connectivity index (χ0) is 13.8. The highest BCUT2D eigenvalue weighted by molar-refractivity contribution is 5.95. The zero-order valence-corrected chi connectivity index (χ0v) is 11.6. The van der Waals surface area contributed by atoms with Crippen LogP contribution in [0.3, 0.4) is 0 Å². The number of rotatable bonds is 3. The number of carbonyl (C=O) groups is 1. The molecule has 1 aromatic heterocycles. The van der Waals surface area contributed by atoms with Gasteiger partial charge < -0.3 is 4.90 Å². The van der Waals surface area contributed by atoms with Crippen LogP contribution in [0.15, 0.2) is 6.20 Å². The van der Waals surface area contributed by atoms with Crippen LogP contribution in [-0.4, -0.2) is 33.7 Å². The van der Waals surface area contributed by atoms with Crippen LogP contribution in [0.2, 0.25) is 0 Å². The van der Waals surface area contributed by atoms with E-state index in [1.54, 1.807) is 4.90 Å². The smallest absolute Gasteiger partial charge is 0.257 e. The van der Waals surface area contributed by atoms with Crippen LogP contribution in [0.4, 0.5) is 0 Å². The fourth-order valence-corrected chi connectivity index (χ4v) is 2.51. The molecule has 0 saturated carbocycles. The molecule has 19 heavy (non-hydrogen) atoms. The van der Waals surface area contributed by atoms with Gasteiger partial charge in [-0.2, -0.15) is 10.4 Å². The lowest BCUT2D eigenvalue weighted by molar-refractivity contribution is 0.0698. The molecule has 102 valence electrons. The minimum Gasteiger partial charge on any atom is -0.337 e. The lowest BCUT2D eigenvalue weighted by Crippen LogP contribution is -2.39. The van der Waals surface area contributed by atoms with Crippen molar-refractivity contribution in [3.8, 4) is 6.07 Å². The van der Waals surface area contributed by atoms with Crippen molar-refractivity contribution in [3.63, 3.8) is 0 Å². The third kappa shape index (κ3) is 2.95. The van der Waals surface area contributed by atoms with E-state index in [-0.39, 0.29) is 11.8 Å². The van der Waals surface area contributed by atoms with Crippen LogP contribution in [0.1, 0.15) is 42.2 Å². The van der Waals surface area contributed by atoms with Gasteiger partial charge in [-0.1, -0.05) is 6.92 Å². The van der Waals surface area contributed by atoms with E-state index in [0.717, 1.165) is 38.0 Å². The summed E-state index contributed by atoms with van der Waals surface area (Å²) in [6.45, 7) is 6.07.